The third-order valence-corrected chi connectivity index (χ3v) is 3.70. The topological polar surface area (TPSA) is 38.9 Å². The van der Waals surface area contributed by atoms with Gasteiger partial charge in [0.2, 0.25) is 0 Å². The van der Waals surface area contributed by atoms with Crippen LogP contribution in [0, 0.1) is 0 Å². The van der Waals surface area contributed by atoms with Gasteiger partial charge in [-0.3, -0.25) is 0 Å². The minimum Gasteiger partial charge on any atom is -0.328 e. The van der Waals surface area contributed by atoms with Gasteiger partial charge in [0.05, 0.1) is 5.52 Å². The second-order valence-electron chi connectivity index (χ2n) is 4.99. The van der Waals surface area contributed by atoms with Crippen molar-refractivity contribution in [2.45, 2.75) is 43.5 Å². The molecular formula is C15H20N2S. The summed E-state index contributed by atoms with van der Waals surface area (Å²) in [4.78, 5) is 4.78. The summed E-state index contributed by atoms with van der Waals surface area (Å²) in [6, 6.07) is 10.7. The van der Waals surface area contributed by atoms with Crippen LogP contribution in [-0.4, -0.2) is 16.3 Å². The Labute approximate surface area is 113 Å². The normalized spacial score (nSPS) is 13.2. The van der Waals surface area contributed by atoms with E-state index in [1.54, 1.807) is 0 Å². The van der Waals surface area contributed by atoms with E-state index in [0.29, 0.717) is 5.25 Å². The molecule has 3 heteroatoms. The van der Waals surface area contributed by atoms with Gasteiger partial charge in [0.15, 0.2) is 0 Å². The Morgan fingerprint density at radius 1 is 1.22 bits per heavy atom. The average molecular weight is 260 g/mol. The van der Waals surface area contributed by atoms with Crippen molar-refractivity contribution in [2.75, 3.05) is 0 Å². The highest BCUT2D eigenvalue weighted by molar-refractivity contribution is 7.99. The lowest BCUT2D eigenvalue weighted by atomic mass is 10.1. The van der Waals surface area contributed by atoms with Gasteiger partial charge < -0.3 is 5.73 Å². The van der Waals surface area contributed by atoms with Crippen LogP contribution in [0.1, 0.15) is 26.3 Å². The summed E-state index contributed by atoms with van der Waals surface area (Å²) in [6.45, 7) is 6.42. The molecule has 0 aliphatic heterocycles. The third-order valence-electron chi connectivity index (χ3n) is 2.65. The summed E-state index contributed by atoms with van der Waals surface area (Å²) in [7, 11) is 0. The van der Waals surface area contributed by atoms with Crippen molar-refractivity contribution in [1.82, 2.24) is 4.98 Å². The fraction of sp³-hybridized carbons (Fsp3) is 0.400. The highest BCUT2D eigenvalue weighted by Gasteiger charge is 2.10. The predicted molar refractivity (Wildman–Crippen MR) is 80.1 cm³/mol. The lowest BCUT2D eigenvalue weighted by Crippen LogP contribution is -2.18. The standard InChI is InChI=1S/C15H20N2S/c1-10(2)18-15-13(8-11(3)16)9-12-6-4-5-7-14(12)17-15/h4-7,9-11H,8,16H2,1-3H3. The van der Waals surface area contributed by atoms with E-state index in [-0.39, 0.29) is 6.04 Å². The number of hydrogen-bond acceptors (Lipinski definition) is 3. The van der Waals surface area contributed by atoms with Crippen LogP contribution in [0.2, 0.25) is 0 Å². The van der Waals surface area contributed by atoms with Crippen molar-refractivity contribution in [1.29, 1.82) is 0 Å². The largest absolute Gasteiger partial charge is 0.328 e. The van der Waals surface area contributed by atoms with Crippen molar-refractivity contribution in [3.8, 4) is 0 Å². The van der Waals surface area contributed by atoms with E-state index in [2.05, 4.69) is 38.1 Å². The molecule has 1 unspecified atom stereocenters. The zero-order valence-corrected chi connectivity index (χ0v) is 12.0. The number of aromatic nitrogens is 1. The first kappa shape index (κ1) is 13.4. The van der Waals surface area contributed by atoms with E-state index in [0.717, 1.165) is 17.0 Å². The molecule has 18 heavy (non-hydrogen) atoms. The smallest absolute Gasteiger partial charge is 0.100 e. The quantitative estimate of drug-likeness (QED) is 0.853. The molecule has 0 amide bonds. The summed E-state index contributed by atoms with van der Waals surface area (Å²) in [6.07, 6.45) is 0.882. The first-order valence-electron chi connectivity index (χ1n) is 6.37. The average Bonchev–Trinajstić information content (AvgIpc) is 2.28. The van der Waals surface area contributed by atoms with Gasteiger partial charge in [-0.25, -0.2) is 4.98 Å². The van der Waals surface area contributed by atoms with Gasteiger partial charge in [-0.1, -0.05) is 32.0 Å². The van der Waals surface area contributed by atoms with Crippen molar-refractivity contribution in [3.63, 3.8) is 0 Å². The van der Waals surface area contributed by atoms with Crippen molar-refractivity contribution < 1.29 is 0 Å². The number of pyridine rings is 1. The molecule has 2 rings (SSSR count). The van der Waals surface area contributed by atoms with Crippen molar-refractivity contribution in [2.24, 2.45) is 5.73 Å². The molecule has 0 radical (unpaired) electrons. The summed E-state index contributed by atoms with van der Waals surface area (Å²) in [5.41, 5.74) is 8.26. The first-order valence-corrected chi connectivity index (χ1v) is 7.25. The SMILES string of the molecule is CC(N)Cc1cc2ccccc2nc1SC(C)C. The number of hydrogen-bond donors (Lipinski definition) is 1. The third kappa shape index (κ3) is 3.24. The summed E-state index contributed by atoms with van der Waals surface area (Å²) < 4.78 is 0. The molecule has 0 saturated carbocycles. The lowest BCUT2D eigenvalue weighted by molar-refractivity contribution is 0.724. The maximum atomic E-state index is 5.93. The Morgan fingerprint density at radius 2 is 1.94 bits per heavy atom. The van der Waals surface area contributed by atoms with Crippen LogP contribution < -0.4 is 5.73 Å². The van der Waals surface area contributed by atoms with Gasteiger partial charge in [0.25, 0.3) is 0 Å². The number of rotatable bonds is 4. The summed E-state index contributed by atoms with van der Waals surface area (Å²) in [5, 5.41) is 2.85. The maximum absolute atomic E-state index is 5.93. The van der Waals surface area contributed by atoms with Gasteiger partial charge >= 0.3 is 0 Å². The van der Waals surface area contributed by atoms with Crippen molar-refractivity contribution >= 4 is 22.7 Å². The molecule has 0 bridgehead atoms. The van der Waals surface area contributed by atoms with Gasteiger partial charge in [0.1, 0.15) is 5.03 Å². The Kier molecular flexibility index (Phi) is 4.25. The monoisotopic (exact) mass is 260 g/mol. The summed E-state index contributed by atoms with van der Waals surface area (Å²) in [5.74, 6) is 0. The van der Waals surface area contributed by atoms with Crippen LogP contribution in [0.15, 0.2) is 35.4 Å². The van der Waals surface area contributed by atoms with Gasteiger partial charge in [-0.2, -0.15) is 0 Å². The fourth-order valence-electron chi connectivity index (χ4n) is 1.96. The Hall–Kier alpha value is -1.06. The number of nitrogens with two attached hydrogens (primary N) is 1. The van der Waals surface area contributed by atoms with Crippen molar-refractivity contribution in [3.05, 3.63) is 35.9 Å². The Morgan fingerprint density at radius 3 is 2.61 bits per heavy atom. The molecule has 0 saturated heterocycles. The number of benzene rings is 1. The Bertz CT molecular complexity index is 487. The second-order valence-corrected chi connectivity index (χ2v) is 6.56. The zero-order chi connectivity index (χ0) is 13.1. The number of fused-ring (bicyclic) bond motifs is 1. The van der Waals surface area contributed by atoms with Crippen LogP contribution in [0.5, 0.6) is 0 Å². The van der Waals surface area contributed by atoms with Crippen LogP contribution in [0.25, 0.3) is 10.9 Å². The van der Waals surface area contributed by atoms with E-state index in [1.807, 2.05) is 24.8 Å². The van der Waals surface area contributed by atoms with E-state index in [1.165, 1.54) is 10.9 Å². The maximum Gasteiger partial charge on any atom is 0.100 e. The Balaban J connectivity index is 2.48. The molecular weight excluding hydrogens is 240 g/mol. The molecule has 2 aromatic rings. The van der Waals surface area contributed by atoms with Crippen LogP contribution in [-0.2, 0) is 6.42 Å². The molecule has 0 spiro atoms. The second kappa shape index (κ2) is 5.72. The molecule has 96 valence electrons. The number of para-hydroxylation sites is 1. The van der Waals surface area contributed by atoms with Gasteiger partial charge in [0, 0.05) is 16.7 Å². The van der Waals surface area contributed by atoms with E-state index >= 15 is 0 Å². The first-order chi connectivity index (χ1) is 8.56. The zero-order valence-electron chi connectivity index (χ0n) is 11.2. The molecule has 1 aromatic carbocycles. The minimum atomic E-state index is 0.166. The molecule has 2 N–H and O–H groups in total. The molecule has 0 fully saturated rings. The predicted octanol–water partition coefficient (Wildman–Crippen LogP) is 3.63. The van der Waals surface area contributed by atoms with Crippen LogP contribution in [0.3, 0.4) is 0 Å². The number of nitrogens with zero attached hydrogens (tertiary/aromatic N) is 1. The van der Waals surface area contributed by atoms with Crippen LogP contribution in [0.4, 0.5) is 0 Å². The number of thioether (sulfide) groups is 1. The molecule has 1 aromatic heterocycles. The lowest BCUT2D eigenvalue weighted by Gasteiger charge is -2.13. The molecule has 1 heterocycles. The summed E-state index contributed by atoms with van der Waals surface area (Å²) >= 11 is 1.82. The fourth-order valence-corrected chi connectivity index (χ4v) is 2.85. The molecule has 0 aliphatic rings. The van der Waals surface area contributed by atoms with Gasteiger partial charge in [-0.15, -0.1) is 11.8 Å². The molecule has 1 atom stereocenters. The highest BCUT2D eigenvalue weighted by atomic mass is 32.2. The van der Waals surface area contributed by atoms with E-state index < -0.39 is 0 Å². The van der Waals surface area contributed by atoms with E-state index in [4.69, 9.17) is 10.7 Å². The highest BCUT2D eigenvalue weighted by Crippen LogP contribution is 2.28. The molecule has 2 nitrogen and oxygen atoms in total. The van der Waals surface area contributed by atoms with Gasteiger partial charge in [-0.05, 0) is 31.0 Å². The van der Waals surface area contributed by atoms with Crippen LogP contribution >= 0.6 is 11.8 Å². The molecule has 0 aliphatic carbocycles. The minimum absolute atomic E-state index is 0.166. The van der Waals surface area contributed by atoms with E-state index in [9.17, 15) is 0 Å².